The van der Waals surface area contributed by atoms with Gasteiger partial charge in [-0.1, -0.05) is 6.42 Å². The molecule has 0 aromatic heterocycles. The van der Waals surface area contributed by atoms with Crippen molar-refractivity contribution in [1.29, 1.82) is 0 Å². The number of rotatable bonds is 0. The molecule has 0 aromatic rings. The molecule has 0 aliphatic carbocycles. The molecule has 1 aliphatic heterocycles. The summed E-state index contributed by atoms with van der Waals surface area (Å²) < 4.78 is 0. The largest absolute Gasteiger partial charge is 1.00 e. The number of piperidine rings is 1. The molecule has 1 heterocycles. The second-order valence-electron chi connectivity index (χ2n) is 2.90. The van der Waals surface area contributed by atoms with Gasteiger partial charge in [-0.2, -0.15) is 0 Å². The molecule has 9 heavy (non-hydrogen) atoms. The van der Waals surface area contributed by atoms with Crippen molar-refractivity contribution in [2.45, 2.75) is 45.2 Å². The maximum Gasteiger partial charge on any atom is 1.00 e. The third-order valence-electron chi connectivity index (χ3n) is 1.84. The van der Waals surface area contributed by atoms with Crippen LogP contribution in [0.5, 0.6) is 0 Å². The fraction of sp³-hybridized carbons (Fsp3) is 1.00. The maximum absolute atomic E-state index is 3.48. The topological polar surface area (TPSA) is 12.0 Å². The van der Waals surface area contributed by atoms with Crippen LogP contribution >= 0.6 is 0 Å². The third kappa shape index (κ3) is 3.30. The zero-order valence-corrected chi connectivity index (χ0v) is 6.78. The SMILES string of the molecule is CC1CCCC(C)N1.[H-].[Li+]. The van der Waals surface area contributed by atoms with Gasteiger partial charge in [0.1, 0.15) is 0 Å². The first-order valence-electron chi connectivity index (χ1n) is 3.55. The van der Waals surface area contributed by atoms with Gasteiger partial charge in [-0.15, -0.1) is 0 Å². The molecule has 2 atom stereocenters. The van der Waals surface area contributed by atoms with Crippen molar-refractivity contribution in [3.05, 3.63) is 0 Å². The predicted molar refractivity (Wildman–Crippen MR) is 37.0 cm³/mol. The summed E-state index contributed by atoms with van der Waals surface area (Å²) in [7, 11) is 0. The smallest absolute Gasteiger partial charge is 1.00 e. The zero-order chi connectivity index (χ0) is 5.98. The zero-order valence-electron chi connectivity index (χ0n) is 7.78. The molecule has 1 N–H and O–H groups in total. The molecule has 0 saturated carbocycles. The molecule has 0 spiro atoms. The molecule has 2 heteroatoms. The first kappa shape index (κ1) is 9.56. The van der Waals surface area contributed by atoms with Crippen LogP contribution in [0.4, 0.5) is 0 Å². The Kier molecular flexibility index (Phi) is 4.66. The van der Waals surface area contributed by atoms with Crippen LogP contribution < -0.4 is 24.2 Å². The molecule has 0 radical (unpaired) electrons. The van der Waals surface area contributed by atoms with Gasteiger partial charge in [-0.25, -0.2) is 0 Å². The van der Waals surface area contributed by atoms with Gasteiger partial charge in [0.2, 0.25) is 0 Å². The second kappa shape index (κ2) is 4.39. The van der Waals surface area contributed by atoms with Crippen molar-refractivity contribution >= 4 is 0 Å². The van der Waals surface area contributed by atoms with Crippen molar-refractivity contribution in [3.8, 4) is 0 Å². The minimum Gasteiger partial charge on any atom is -1.00 e. The van der Waals surface area contributed by atoms with E-state index in [1.54, 1.807) is 0 Å². The quantitative estimate of drug-likeness (QED) is 0.391. The molecular weight excluding hydrogens is 105 g/mol. The van der Waals surface area contributed by atoms with E-state index >= 15 is 0 Å². The second-order valence-corrected chi connectivity index (χ2v) is 2.90. The van der Waals surface area contributed by atoms with Crippen molar-refractivity contribution in [1.82, 2.24) is 5.32 Å². The average molecular weight is 121 g/mol. The Balaban J connectivity index is 0. The standard InChI is InChI=1S/C7H15N.Li.H/c1-6-4-3-5-7(2)8-6;;/h6-8H,3-5H2,1-2H3;;/q;+1;-1. The van der Waals surface area contributed by atoms with Gasteiger partial charge in [0.15, 0.2) is 0 Å². The van der Waals surface area contributed by atoms with Crippen LogP contribution in [0.1, 0.15) is 34.5 Å². The summed E-state index contributed by atoms with van der Waals surface area (Å²) in [6.07, 6.45) is 4.14. The first-order chi connectivity index (χ1) is 3.79. The molecule has 0 amide bonds. The normalized spacial score (nSPS) is 35.3. The van der Waals surface area contributed by atoms with Gasteiger partial charge in [0.25, 0.3) is 0 Å². The Morgan fingerprint density at radius 1 is 1.22 bits per heavy atom. The Morgan fingerprint density at radius 3 is 1.89 bits per heavy atom. The molecule has 2 unspecified atom stereocenters. The minimum absolute atomic E-state index is 0. The maximum atomic E-state index is 3.48. The van der Waals surface area contributed by atoms with E-state index in [0.717, 1.165) is 12.1 Å². The number of hydrogen-bond donors (Lipinski definition) is 1. The van der Waals surface area contributed by atoms with E-state index in [1.165, 1.54) is 19.3 Å². The molecular formula is C7H16LiN. The fourth-order valence-corrected chi connectivity index (χ4v) is 1.38. The van der Waals surface area contributed by atoms with E-state index in [1.807, 2.05) is 0 Å². The molecule has 1 fully saturated rings. The van der Waals surface area contributed by atoms with E-state index in [2.05, 4.69) is 19.2 Å². The monoisotopic (exact) mass is 121 g/mol. The summed E-state index contributed by atoms with van der Waals surface area (Å²) in [5, 5.41) is 3.48. The summed E-state index contributed by atoms with van der Waals surface area (Å²) in [6, 6.07) is 1.53. The van der Waals surface area contributed by atoms with Crippen LogP contribution in [-0.2, 0) is 0 Å². The van der Waals surface area contributed by atoms with E-state index in [4.69, 9.17) is 0 Å². The van der Waals surface area contributed by atoms with Gasteiger partial charge < -0.3 is 6.74 Å². The summed E-state index contributed by atoms with van der Waals surface area (Å²) in [5.74, 6) is 0. The fourth-order valence-electron chi connectivity index (χ4n) is 1.38. The molecule has 1 saturated heterocycles. The summed E-state index contributed by atoms with van der Waals surface area (Å²) in [4.78, 5) is 0. The van der Waals surface area contributed by atoms with E-state index < -0.39 is 0 Å². The van der Waals surface area contributed by atoms with Crippen molar-refractivity contribution in [2.24, 2.45) is 0 Å². The Bertz CT molecular complexity index is 72.0. The van der Waals surface area contributed by atoms with Crippen molar-refractivity contribution in [2.75, 3.05) is 0 Å². The molecule has 1 nitrogen and oxygen atoms in total. The van der Waals surface area contributed by atoms with Crippen LogP contribution in [0.3, 0.4) is 0 Å². The van der Waals surface area contributed by atoms with E-state index in [-0.39, 0.29) is 20.3 Å². The summed E-state index contributed by atoms with van der Waals surface area (Å²) in [6.45, 7) is 4.52. The minimum atomic E-state index is 0. The predicted octanol–water partition coefficient (Wildman–Crippen LogP) is -1.35. The first-order valence-corrected chi connectivity index (χ1v) is 3.55. The van der Waals surface area contributed by atoms with Gasteiger partial charge in [-0.05, 0) is 26.7 Å². The Hall–Kier alpha value is 0.557. The van der Waals surface area contributed by atoms with Crippen LogP contribution in [0.2, 0.25) is 0 Å². The van der Waals surface area contributed by atoms with Crippen molar-refractivity contribution < 1.29 is 20.3 Å². The van der Waals surface area contributed by atoms with Crippen LogP contribution in [0.15, 0.2) is 0 Å². The summed E-state index contributed by atoms with van der Waals surface area (Å²) in [5.41, 5.74) is 0. The van der Waals surface area contributed by atoms with E-state index in [0.29, 0.717) is 0 Å². The van der Waals surface area contributed by atoms with Gasteiger partial charge in [0, 0.05) is 12.1 Å². The number of nitrogens with one attached hydrogen (secondary N) is 1. The molecule has 1 aliphatic rings. The van der Waals surface area contributed by atoms with Crippen LogP contribution in [-0.4, -0.2) is 12.1 Å². The van der Waals surface area contributed by atoms with E-state index in [9.17, 15) is 0 Å². The van der Waals surface area contributed by atoms with Gasteiger partial charge >= 0.3 is 18.9 Å². The molecule has 0 bridgehead atoms. The number of hydrogen-bond acceptors (Lipinski definition) is 1. The van der Waals surface area contributed by atoms with Gasteiger partial charge in [0.05, 0.1) is 0 Å². The Morgan fingerprint density at radius 2 is 1.67 bits per heavy atom. The van der Waals surface area contributed by atoms with Crippen LogP contribution in [0, 0.1) is 0 Å². The van der Waals surface area contributed by atoms with Crippen molar-refractivity contribution in [3.63, 3.8) is 0 Å². The summed E-state index contributed by atoms with van der Waals surface area (Å²) >= 11 is 0. The Labute approximate surface area is 71.3 Å². The third-order valence-corrected chi connectivity index (χ3v) is 1.84. The molecule has 1 rings (SSSR count). The average Bonchev–Trinajstić information content (AvgIpc) is 1.64. The molecule has 0 aromatic carbocycles. The van der Waals surface area contributed by atoms with Crippen LogP contribution in [0.25, 0.3) is 0 Å². The molecule has 50 valence electrons. The van der Waals surface area contributed by atoms with Gasteiger partial charge in [-0.3, -0.25) is 0 Å².